The van der Waals surface area contributed by atoms with Gasteiger partial charge in [-0.05, 0) is 30.0 Å². The van der Waals surface area contributed by atoms with Gasteiger partial charge < -0.3 is 5.32 Å². The van der Waals surface area contributed by atoms with Gasteiger partial charge in [-0.15, -0.1) is 0 Å². The number of fused-ring (bicyclic) bond motifs is 1. The highest BCUT2D eigenvalue weighted by molar-refractivity contribution is 9.10. The molecular formula is C10H11BrClNO2S. The molecule has 88 valence electrons. The third kappa shape index (κ3) is 2.36. The first-order valence-corrected chi connectivity index (χ1v) is 7.99. The summed E-state index contributed by atoms with van der Waals surface area (Å²) in [7, 11) is 1.71. The lowest BCUT2D eigenvalue weighted by Gasteiger charge is -2.25. The molecule has 1 aliphatic heterocycles. The first-order valence-electron chi connectivity index (χ1n) is 4.89. The van der Waals surface area contributed by atoms with Gasteiger partial charge in [-0.25, -0.2) is 8.42 Å². The van der Waals surface area contributed by atoms with Crippen LogP contribution in [0, 0.1) is 5.92 Å². The molecule has 0 bridgehead atoms. The fourth-order valence-electron chi connectivity index (χ4n) is 1.91. The maximum absolute atomic E-state index is 11.4. The van der Waals surface area contributed by atoms with E-state index in [0.29, 0.717) is 11.6 Å². The van der Waals surface area contributed by atoms with Crippen molar-refractivity contribution in [3.05, 3.63) is 22.2 Å². The highest BCUT2D eigenvalue weighted by atomic mass is 79.9. The van der Waals surface area contributed by atoms with Crippen molar-refractivity contribution >= 4 is 41.4 Å². The summed E-state index contributed by atoms with van der Waals surface area (Å²) in [4.78, 5) is 0.158. The molecule has 0 amide bonds. The standard InChI is InChI=1S/C10H11BrClNO2S/c1-6-2-7-3-8(11)4-9(16(12,14)15)10(7)13-5-6/h3-4,6,13H,2,5H2,1H3/t6-/m1/s1. The number of benzene rings is 1. The van der Waals surface area contributed by atoms with Crippen LogP contribution in [0.15, 0.2) is 21.5 Å². The third-order valence-corrected chi connectivity index (χ3v) is 4.41. The number of anilines is 1. The molecule has 1 N–H and O–H groups in total. The quantitative estimate of drug-likeness (QED) is 0.808. The molecule has 1 aromatic carbocycles. The fourth-order valence-corrected chi connectivity index (χ4v) is 3.65. The van der Waals surface area contributed by atoms with E-state index in [1.54, 1.807) is 0 Å². The van der Waals surface area contributed by atoms with E-state index in [4.69, 9.17) is 10.7 Å². The zero-order valence-electron chi connectivity index (χ0n) is 8.63. The largest absolute Gasteiger partial charge is 0.383 e. The molecule has 2 rings (SSSR count). The molecule has 1 atom stereocenters. The van der Waals surface area contributed by atoms with E-state index in [0.717, 1.165) is 23.0 Å². The van der Waals surface area contributed by atoms with Crippen molar-refractivity contribution in [1.82, 2.24) is 0 Å². The molecule has 1 heterocycles. The minimum atomic E-state index is -3.70. The molecule has 0 fully saturated rings. The van der Waals surface area contributed by atoms with Gasteiger partial charge in [0.1, 0.15) is 4.90 Å². The van der Waals surface area contributed by atoms with Gasteiger partial charge in [0.25, 0.3) is 9.05 Å². The Morgan fingerprint density at radius 2 is 2.19 bits per heavy atom. The van der Waals surface area contributed by atoms with E-state index in [9.17, 15) is 8.42 Å². The molecule has 0 radical (unpaired) electrons. The third-order valence-electron chi connectivity index (χ3n) is 2.61. The Morgan fingerprint density at radius 1 is 1.50 bits per heavy atom. The average Bonchev–Trinajstić information content (AvgIpc) is 2.14. The van der Waals surface area contributed by atoms with Gasteiger partial charge in [-0.1, -0.05) is 22.9 Å². The van der Waals surface area contributed by atoms with Crippen molar-refractivity contribution in [2.24, 2.45) is 5.92 Å². The first kappa shape index (κ1) is 12.2. The molecule has 0 saturated carbocycles. The average molecular weight is 325 g/mol. The minimum Gasteiger partial charge on any atom is -0.383 e. The van der Waals surface area contributed by atoms with Crippen LogP contribution in [0.2, 0.25) is 0 Å². The summed E-state index contributed by atoms with van der Waals surface area (Å²) in [5.74, 6) is 0.493. The fraction of sp³-hybridized carbons (Fsp3) is 0.400. The highest BCUT2D eigenvalue weighted by Crippen LogP contribution is 2.35. The van der Waals surface area contributed by atoms with Crippen molar-refractivity contribution in [2.75, 3.05) is 11.9 Å². The summed E-state index contributed by atoms with van der Waals surface area (Å²) in [5.41, 5.74) is 1.64. The van der Waals surface area contributed by atoms with Crippen LogP contribution in [0.5, 0.6) is 0 Å². The summed E-state index contributed by atoms with van der Waals surface area (Å²) < 4.78 is 23.6. The second kappa shape index (κ2) is 4.20. The van der Waals surface area contributed by atoms with Crippen LogP contribution in [0.1, 0.15) is 12.5 Å². The van der Waals surface area contributed by atoms with Crippen LogP contribution < -0.4 is 5.32 Å². The predicted molar refractivity (Wildman–Crippen MR) is 68.5 cm³/mol. The van der Waals surface area contributed by atoms with Gasteiger partial charge in [0.2, 0.25) is 0 Å². The van der Waals surface area contributed by atoms with Gasteiger partial charge in [0.15, 0.2) is 0 Å². The Hall–Kier alpha value is -0.260. The maximum Gasteiger partial charge on any atom is 0.263 e. The predicted octanol–water partition coefficient (Wildman–Crippen LogP) is 2.98. The van der Waals surface area contributed by atoms with E-state index < -0.39 is 9.05 Å². The summed E-state index contributed by atoms with van der Waals surface area (Å²) >= 11 is 3.30. The summed E-state index contributed by atoms with van der Waals surface area (Å²) in [6, 6.07) is 3.47. The van der Waals surface area contributed by atoms with E-state index in [1.165, 1.54) is 6.07 Å². The van der Waals surface area contributed by atoms with Crippen LogP contribution in [0.3, 0.4) is 0 Å². The zero-order chi connectivity index (χ0) is 11.9. The van der Waals surface area contributed by atoms with Gasteiger partial charge in [0.05, 0.1) is 5.69 Å². The molecule has 6 heteroatoms. The van der Waals surface area contributed by atoms with Crippen molar-refractivity contribution < 1.29 is 8.42 Å². The van der Waals surface area contributed by atoms with Crippen molar-refractivity contribution in [2.45, 2.75) is 18.2 Å². The smallest absolute Gasteiger partial charge is 0.263 e. The molecular weight excluding hydrogens is 314 g/mol. The van der Waals surface area contributed by atoms with Crippen LogP contribution in [0.25, 0.3) is 0 Å². The Labute approximate surface area is 108 Å². The van der Waals surface area contributed by atoms with Crippen LogP contribution in [-0.4, -0.2) is 15.0 Å². The Morgan fingerprint density at radius 3 is 2.81 bits per heavy atom. The van der Waals surface area contributed by atoms with E-state index in [-0.39, 0.29) is 4.90 Å². The Bertz CT molecular complexity index is 530. The Kier molecular flexibility index (Phi) is 3.20. The molecule has 0 unspecified atom stereocenters. The lowest BCUT2D eigenvalue weighted by Crippen LogP contribution is -2.22. The van der Waals surface area contributed by atoms with Crippen molar-refractivity contribution in [1.29, 1.82) is 0 Å². The number of nitrogens with one attached hydrogen (secondary N) is 1. The van der Waals surface area contributed by atoms with Gasteiger partial charge in [-0.2, -0.15) is 0 Å². The summed E-state index contributed by atoms with van der Waals surface area (Å²) in [6.45, 7) is 2.89. The lowest BCUT2D eigenvalue weighted by atomic mass is 9.96. The molecule has 1 aliphatic rings. The van der Waals surface area contributed by atoms with E-state index in [1.807, 2.05) is 6.07 Å². The molecule has 0 saturated heterocycles. The number of hydrogen-bond acceptors (Lipinski definition) is 3. The minimum absolute atomic E-state index is 0.158. The second-order valence-corrected chi connectivity index (χ2v) is 7.52. The first-order chi connectivity index (χ1) is 7.38. The second-order valence-electron chi connectivity index (χ2n) is 4.07. The number of hydrogen-bond donors (Lipinski definition) is 1. The number of halogens is 2. The van der Waals surface area contributed by atoms with Crippen LogP contribution >= 0.6 is 26.6 Å². The summed E-state index contributed by atoms with van der Waals surface area (Å²) in [5, 5.41) is 3.13. The lowest BCUT2D eigenvalue weighted by molar-refractivity contribution is 0.587. The number of rotatable bonds is 1. The topological polar surface area (TPSA) is 46.2 Å². The maximum atomic E-state index is 11.4. The molecule has 16 heavy (non-hydrogen) atoms. The van der Waals surface area contributed by atoms with Crippen LogP contribution in [0.4, 0.5) is 5.69 Å². The van der Waals surface area contributed by atoms with Crippen molar-refractivity contribution in [3.63, 3.8) is 0 Å². The van der Waals surface area contributed by atoms with E-state index >= 15 is 0 Å². The zero-order valence-corrected chi connectivity index (χ0v) is 11.8. The molecule has 0 aliphatic carbocycles. The molecule has 0 spiro atoms. The van der Waals surface area contributed by atoms with E-state index in [2.05, 4.69) is 28.2 Å². The van der Waals surface area contributed by atoms with Crippen molar-refractivity contribution in [3.8, 4) is 0 Å². The molecule has 0 aromatic heterocycles. The monoisotopic (exact) mass is 323 g/mol. The van der Waals surface area contributed by atoms with Gasteiger partial charge in [-0.3, -0.25) is 0 Å². The van der Waals surface area contributed by atoms with Gasteiger partial charge >= 0.3 is 0 Å². The Balaban J connectivity index is 2.64. The molecule has 1 aromatic rings. The molecule has 3 nitrogen and oxygen atoms in total. The normalized spacial score (nSPS) is 20.1. The highest BCUT2D eigenvalue weighted by Gasteiger charge is 2.23. The summed E-state index contributed by atoms with van der Waals surface area (Å²) in [6.07, 6.45) is 0.862. The SMILES string of the molecule is C[C@H]1CNc2c(cc(Br)cc2S(=O)(=O)Cl)C1. The van der Waals surface area contributed by atoms with Crippen LogP contribution in [-0.2, 0) is 15.5 Å². The van der Waals surface area contributed by atoms with Gasteiger partial charge in [0, 0.05) is 21.7 Å².